The van der Waals surface area contributed by atoms with Crippen LogP contribution in [-0.2, 0) is 6.42 Å². The van der Waals surface area contributed by atoms with Gasteiger partial charge in [-0.2, -0.15) is 0 Å². The first kappa shape index (κ1) is 17.4. The van der Waals surface area contributed by atoms with Gasteiger partial charge in [-0.3, -0.25) is 4.79 Å². The zero-order chi connectivity index (χ0) is 18.1. The van der Waals surface area contributed by atoms with Crippen LogP contribution in [0.1, 0.15) is 34.3 Å². The van der Waals surface area contributed by atoms with Gasteiger partial charge in [-0.05, 0) is 42.6 Å². The molecule has 1 aliphatic heterocycles. The molecule has 0 saturated carbocycles. The smallest absolute Gasteiger partial charge is 0.267 e. The number of hydrogen-bond acceptors (Lipinski definition) is 7. The van der Waals surface area contributed by atoms with E-state index in [-0.39, 0.29) is 5.91 Å². The molecule has 1 saturated heterocycles. The average molecular weight is 388 g/mol. The molecule has 26 heavy (non-hydrogen) atoms. The number of thiazole rings is 1. The molecule has 1 aliphatic rings. The maximum absolute atomic E-state index is 12.8. The standard InChI is InChI=1S/C18H21N5OS2/c1-3-4-14-16(26-21-20-14)17(24)22-7-9-23(10-8-22)18-19-13-6-5-12(2)11-15(13)25-18/h5-6,11H,3-4,7-10H2,1-2H3. The van der Waals surface area contributed by atoms with Gasteiger partial charge in [-0.25, -0.2) is 4.98 Å². The van der Waals surface area contributed by atoms with Gasteiger partial charge in [-0.15, -0.1) is 5.10 Å². The van der Waals surface area contributed by atoms with E-state index in [0.29, 0.717) is 18.0 Å². The van der Waals surface area contributed by atoms with Crippen molar-refractivity contribution in [3.63, 3.8) is 0 Å². The summed E-state index contributed by atoms with van der Waals surface area (Å²) in [7, 11) is 0. The molecule has 2 aromatic heterocycles. The number of carbonyl (C=O) groups is 1. The number of piperazine rings is 1. The molecular formula is C18H21N5OS2. The highest BCUT2D eigenvalue weighted by molar-refractivity contribution is 7.22. The summed E-state index contributed by atoms with van der Waals surface area (Å²) in [5.74, 6) is 0.0722. The first-order valence-electron chi connectivity index (χ1n) is 8.88. The van der Waals surface area contributed by atoms with Crippen LogP contribution in [0.2, 0.25) is 0 Å². The number of hydrogen-bond donors (Lipinski definition) is 0. The number of aryl methyl sites for hydroxylation is 2. The van der Waals surface area contributed by atoms with Crippen LogP contribution in [0.15, 0.2) is 18.2 Å². The molecule has 0 atom stereocenters. The highest BCUT2D eigenvalue weighted by atomic mass is 32.1. The third-order valence-corrected chi connectivity index (χ3v) is 6.44. The van der Waals surface area contributed by atoms with E-state index in [9.17, 15) is 4.79 Å². The first-order chi connectivity index (χ1) is 12.7. The van der Waals surface area contributed by atoms with E-state index in [0.717, 1.165) is 42.3 Å². The van der Waals surface area contributed by atoms with Gasteiger partial charge in [0, 0.05) is 26.2 Å². The summed E-state index contributed by atoms with van der Waals surface area (Å²) in [4.78, 5) is 22.5. The zero-order valence-electron chi connectivity index (χ0n) is 14.9. The van der Waals surface area contributed by atoms with Gasteiger partial charge >= 0.3 is 0 Å². The molecule has 0 aliphatic carbocycles. The second kappa shape index (κ2) is 7.28. The predicted molar refractivity (Wildman–Crippen MR) is 106 cm³/mol. The molecule has 1 fully saturated rings. The number of carbonyl (C=O) groups excluding carboxylic acids is 1. The Bertz CT molecular complexity index is 927. The van der Waals surface area contributed by atoms with Gasteiger partial charge in [0.15, 0.2) is 5.13 Å². The molecular weight excluding hydrogens is 366 g/mol. The third-order valence-electron chi connectivity index (χ3n) is 4.61. The van der Waals surface area contributed by atoms with Crippen LogP contribution >= 0.6 is 22.9 Å². The average Bonchev–Trinajstić information content (AvgIpc) is 3.28. The summed E-state index contributed by atoms with van der Waals surface area (Å²) in [6.45, 7) is 7.21. The molecule has 1 amide bonds. The lowest BCUT2D eigenvalue weighted by Gasteiger charge is -2.34. The Labute approximate surface area is 160 Å². The SMILES string of the molecule is CCCc1nnsc1C(=O)N1CCN(c2nc3ccc(C)cc3s2)CC1. The minimum absolute atomic E-state index is 0.0722. The van der Waals surface area contributed by atoms with Crippen LogP contribution in [0.3, 0.4) is 0 Å². The summed E-state index contributed by atoms with van der Waals surface area (Å²) >= 11 is 2.94. The second-order valence-corrected chi connectivity index (χ2v) is 8.31. The van der Waals surface area contributed by atoms with Gasteiger partial charge in [0.25, 0.3) is 5.91 Å². The van der Waals surface area contributed by atoms with Crippen molar-refractivity contribution in [3.05, 3.63) is 34.3 Å². The predicted octanol–water partition coefficient (Wildman–Crippen LogP) is 3.37. The maximum Gasteiger partial charge on any atom is 0.267 e. The Balaban J connectivity index is 1.44. The van der Waals surface area contributed by atoms with Crippen LogP contribution in [0, 0.1) is 6.92 Å². The highest BCUT2D eigenvalue weighted by Gasteiger charge is 2.27. The van der Waals surface area contributed by atoms with Crippen molar-refractivity contribution < 1.29 is 4.79 Å². The number of nitrogens with zero attached hydrogens (tertiary/aromatic N) is 5. The van der Waals surface area contributed by atoms with Crippen LogP contribution in [-0.4, -0.2) is 51.6 Å². The molecule has 136 valence electrons. The molecule has 0 N–H and O–H groups in total. The topological polar surface area (TPSA) is 62.2 Å². The summed E-state index contributed by atoms with van der Waals surface area (Å²) in [5, 5.41) is 5.16. The number of benzene rings is 1. The molecule has 0 bridgehead atoms. The molecule has 3 aromatic rings. The van der Waals surface area contributed by atoms with E-state index in [1.54, 1.807) is 11.3 Å². The Morgan fingerprint density at radius 3 is 2.81 bits per heavy atom. The lowest BCUT2D eigenvalue weighted by Crippen LogP contribution is -2.48. The van der Waals surface area contributed by atoms with Crippen LogP contribution in [0.4, 0.5) is 5.13 Å². The van der Waals surface area contributed by atoms with Crippen molar-refractivity contribution in [1.82, 2.24) is 19.5 Å². The number of aromatic nitrogens is 3. The van der Waals surface area contributed by atoms with Crippen molar-refractivity contribution in [2.75, 3.05) is 31.1 Å². The molecule has 4 rings (SSSR count). The lowest BCUT2D eigenvalue weighted by molar-refractivity contribution is 0.0750. The van der Waals surface area contributed by atoms with E-state index >= 15 is 0 Å². The van der Waals surface area contributed by atoms with E-state index in [4.69, 9.17) is 4.98 Å². The van der Waals surface area contributed by atoms with Crippen molar-refractivity contribution in [3.8, 4) is 0 Å². The Hall–Kier alpha value is -2.06. The normalized spacial score (nSPS) is 15.0. The minimum Gasteiger partial charge on any atom is -0.345 e. The quantitative estimate of drug-likeness (QED) is 0.687. The lowest BCUT2D eigenvalue weighted by atomic mass is 10.2. The second-order valence-electron chi connectivity index (χ2n) is 6.55. The van der Waals surface area contributed by atoms with Gasteiger partial charge in [0.1, 0.15) is 4.88 Å². The highest BCUT2D eigenvalue weighted by Crippen LogP contribution is 2.30. The fraction of sp³-hybridized carbons (Fsp3) is 0.444. The van der Waals surface area contributed by atoms with E-state index in [1.165, 1.54) is 21.8 Å². The van der Waals surface area contributed by atoms with Crippen molar-refractivity contribution in [1.29, 1.82) is 0 Å². The van der Waals surface area contributed by atoms with Gasteiger partial charge in [0.05, 0.1) is 15.9 Å². The molecule has 0 spiro atoms. The fourth-order valence-corrected chi connectivity index (χ4v) is 4.96. The van der Waals surface area contributed by atoms with E-state index in [1.807, 2.05) is 4.90 Å². The number of rotatable bonds is 4. The molecule has 0 radical (unpaired) electrons. The molecule has 0 unspecified atom stereocenters. The van der Waals surface area contributed by atoms with Gasteiger partial charge in [0.2, 0.25) is 0 Å². The van der Waals surface area contributed by atoms with Gasteiger partial charge < -0.3 is 9.80 Å². The number of amides is 1. The fourth-order valence-electron chi connectivity index (χ4n) is 3.17. The Kier molecular flexibility index (Phi) is 4.86. The number of fused-ring (bicyclic) bond motifs is 1. The molecule has 6 nitrogen and oxygen atoms in total. The summed E-state index contributed by atoms with van der Waals surface area (Å²) in [6.07, 6.45) is 1.78. The summed E-state index contributed by atoms with van der Waals surface area (Å²) < 4.78 is 5.20. The molecule has 1 aromatic carbocycles. The minimum atomic E-state index is 0.0722. The summed E-state index contributed by atoms with van der Waals surface area (Å²) in [6, 6.07) is 6.36. The third kappa shape index (κ3) is 3.31. The Morgan fingerprint density at radius 1 is 1.23 bits per heavy atom. The van der Waals surface area contributed by atoms with E-state index < -0.39 is 0 Å². The molecule has 8 heteroatoms. The number of anilines is 1. The zero-order valence-corrected chi connectivity index (χ0v) is 16.6. The largest absolute Gasteiger partial charge is 0.345 e. The Morgan fingerprint density at radius 2 is 2.04 bits per heavy atom. The van der Waals surface area contributed by atoms with Crippen molar-refractivity contribution >= 4 is 44.1 Å². The van der Waals surface area contributed by atoms with Crippen molar-refractivity contribution in [2.45, 2.75) is 26.7 Å². The maximum atomic E-state index is 12.8. The van der Waals surface area contributed by atoms with Crippen LogP contribution in [0.25, 0.3) is 10.2 Å². The van der Waals surface area contributed by atoms with E-state index in [2.05, 4.69) is 46.5 Å². The van der Waals surface area contributed by atoms with Crippen LogP contribution in [0.5, 0.6) is 0 Å². The first-order valence-corrected chi connectivity index (χ1v) is 10.5. The van der Waals surface area contributed by atoms with Gasteiger partial charge in [-0.1, -0.05) is 35.2 Å². The van der Waals surface area contributed by atoms with Crippen molar-refractivity contribution in [2.24, 2.45) is 0 Å². The monoisotopic (exact) mass is 387 g/mol. The van der Waals surface area contributed by atoms with Crippen LogP contribution < -0.4 is 4.90 Å². The molecule has 3 heterocycles. The summed E-state index contributed by atoms with van der Waals surface area (Å²) in [5.41, 5.74) is 3.14.